The van der Waals surface area contributed by atoms with Crippen LogP contribution in [0.3, 0.4) is 0 Å². The predicted molar refractivity (Wildman–Crippen MR) is 110 cm³/mol. The fourth-order valence-electron chi connectivity index (χ4n) is 3.81. The molecule has 1 aromatic heterocycles. The van der Waals surface area contributed by atoms with Crippen molar-refractivity contribution in [3.8, 4) is 0 Å². The van der Waals surface area contributed by atoms with Gasteiger partial charge in [0, 0.05) is 65.0 Å². The molecule has 2 aliphatic rings. The molecule has 0 atom stereocenters. The minimum atomic E-state index is -0.0955. The molecule has 8 heteroatoms. The summed E-state index contributed by atoms with van der Waals surface area (Å²) in [5.41, 5.74) is 1.74. The van der Waals surface area contributed by atoms with Gasteiger partial charge in [-0.3, -0.25) is 14.5 Å². The highest BCUT2D eigenvalue weighted by molar-refractivity contribution is 5.93. The van der Waals surface area contributed by atoms with E-state index in [1.807, 2.05) is 6.07 Å². The second-order valence-electron chi connectivity index (χ2n) is 7.44. The van der Waals surface area contributed by atoms with Gasteiger partial charge in [-0.2, -0.15) is 0 Å². The summed E-state index contributed by atoms with van der Waals surface area (Å²) in [6, 6.07) is 12.3. The van der Waals surface area contributed by atoms with Crippen molar-refractivity contribution in [1.29, 1.82) is 0 Å². The molecule has 4 rings (SSSR count). The third-order valence-electron chi connectivity index (χ3n) is 5.57. The van der Waals surface area contributed by atoms with Gasteiger partial charge in [-0.25, -0.2) is 9.97 Å². The molecule has 8 nitrogen and oxygen atoms in total. The van der Waals surface area contributed by atoms with E-state index in [2.05, 4.69) is 44.0 Å². The molecule has 2 fully saturated rings. The van der Waals surface area contributed by atoms with Gasteiger partial charge in [0.1, 0.15) is 17.8 Å². The Hall–Kier alpha value is -3.00. The Morgan fingerprint density at radius 1 is 0.931 bits per heavy atom. The molecule has 2 amide bonds. The highest BCUT2D eigenvalue weighted by Crippen LogP contribution is 2.17. The minimum absolute atomic E-state index is 0.0955. The minimum Gasteiger partial charge on any atom is -0.354 e. The number of carbonyl (C=O) groups is 2. The highest BCUT2D eigenvalue weighted by Gasteiger charge is 2.24. The first kappa shape index (κ1) is 19.3. The summed E-state index contributed by atoms with van der Waals surface area (Å²) in [4.78, 5) is 40.3. The van der Waals surface area contributed by atoms with E-state index in [1.54, 1.807) is 15.9 Å². The lowest BCUT2D eigenvalue weighted by molar-refractivity contribution is -0.119. The van der Waals surface area contributed by atoms with Crippen molar-refractivity contribution < 1.29 is 9.59 Å². The topological polar surface area (TPSA) is 72.9 Å². The molecule has 2 aromatic rings. The van der Waals surface area contributed by atoms with Crippen molar-refractivity contribution in [2.24, 2.45) is 0 Å². The Kier molecular flexibility index (Phi) is 6.00. The summed E-state index contributed by atoms with van der Waals surface area (Å²) in [5, 5.41) is 0. The van der Waals surface area contributed by atoms with Gasteiger partial charge in [0.15, 0.2) is 0 Å². The molecule has 152 valence electrons. The van der Waals surface area contributed by atoms with Crippen LogP contribution in [0, 0.1) is 0 Å². The van der Waals surface area contributed by atoms with Crippen molar-refractivity contribution >= 4 is 18.1 Å². The first-order valence-electron chi connectivity index (χ1n) is 10.0. The van der Waals surface area contributed by atoms with Crippen molar-refractivity contribution in [3.05, 3.63) is 54.0 Å². The Labute approximate surface area is 170 Å². The number of anilines is 1. The molecular weight excluding hydrogens is 368 g/mol. The number of amides is 2. The number of benzene rings is 1. The molecule has 3 heterocycles. The summed E-state index contributed by atoms with van der Waals surface area (Å²) in [6.07, 6.45) is 2.31. The van der Waals surface area contributed by atoms with Gasteiger partial charge in [-0.1, -0.05) is 30.3 Å². The van der Waals surface area contributed by atoms with Crippen molar-refractivity contribution in [1.82, 2.24) is 24.7 Å². The SMILES string of the molecule is O=CN1CCN(C(=O)c2cc(N3CCN(Cc4ccccc4)CC3)ncn2)CC1. The van der Waals surface area contributed by atoms with Gasteiger partial charge in [0.2, 0.25) is 6.41 Å². The molecule has 0 radical (unpaired) electrons. The average Bonchev–Trinajstić information content (AvgIpc) is 2.80. The van der Waals surface area contributed by atoms with Crippen LogP contribution >= 0.6 is 0 Å². The largest absolute Gasteiger partial charge is 0.354 e. The molecule has 0 unspecified atom stereocenters. The van der Waals surface area contributed by atoms with Crippen molar-refractivity contribution in [3.63, 3.8) is 0 Å². The van der Waals surface area contributed by atoms with Crippen molar-refractivity contribution in [2.45, 2.75) is 6.54 Å². The molecular formula is C21H26N6O2. The number of aromatic nitrogens is 2. The molecule has 0 spiro atoms. The number of rotatable bonds is 5. The zero-order chi connectivity index (χ0) is 20.1. The zero-order valence-electron chi connectivity index (χ0n) is 16.5. The third kappa shape index (κ3) is 4.71. The number of piperazine rings is 2. The number of hydrogen-bond acceptors (Lipinski definition) is 6. The van der Waals surface area contributed by atoms with Crippen LogP contribution in [-0.4, -0.2) is 89.3 Å². The van der Waals surface area contributed by atoms with Crippen LogP contribution in [0.2, 0.25) is 0 Å². The molecule has 2 aliphatic heterocycles. The number of carbonyl (C=O) groups excluding carboxylic acids is 2. The molecule has 0 N–H and O–H groups in total. The van der Waals surface area contributed by atoms with Crippen LogP contribution in [0.1, 0.15) is 16.1 Å². The molecule has 0 bridgehead atoms. The van der Waals surface area contributed by atoms with Gasteiger partial charge in [-0.05, 0) is 5.56 Å². The van der Waals surface area contributed by atoms with Crippen LogP contribution < -0.4 is 4.90 Å². The lowest BCUT2D eigenvalue weighted by atomic mass is 10.2. The van der Waals surface area contributed by atoms with E-state index in [0.29, 0.717) is 31.9 Å². The maximum absolute atomic E-state index is 12.8. The maximum Gasteiger partial charge on any atom is 0.272 e. The standard InChI is InChI=1S/C21H26N6O2/c28-17-25-8-12-27(13-9-25)21(29)19-14-20(23-16-22-19)26-10-6-24(7-11-26)15-18-4-2-1-3-5-18/h1-5,14,16-17H,6-13,15H2. The fourth-order valence-corrected chi connectivity index (χ4v) is 3.81. The van der Waals surface area contributed by atoms with Gasteiger partial charge in [0.05, 0.1) is 0 Å². The van der Waals surface area contributed by atoms with Gasteiger partial charge in [-0.15, -0.1) is 0 Å². The molecule has 0 aliphatic carbocycles. The highest BCUT2D eigenvalue weighted by atomic mass is 16.2. The van der Waals surface area contributed by atoms with Crippen LogP contribution in [0.5, 0.6) is 0 Å². The summed E-state index contributed by atoms with van der Waals surface area (Å²) < 4.78 is 0. The molecule has 1 aromatic carbocycles. The second kappa shape index (κ2) is 9.00. The Balaban J connectivity index is 1.34. The third-order valence-corrected chi connectivity index (χ3v) is 5.57. The summed E-state index contributed by atoms with van der Waals surface area (Å²) in [5.74, 6) is 0.705. The smallest absolute Gasteiger partial charge is 0.272 e. The first-order chi connectivity index (χ1) is 14.2. The van der Waals surface area contributed by atoms with E-state index < -0.39 is 0 Å². The van der Waals surface area contributed by atoms with E-state index in [4.69, 9.17) is 0 Å². The fraction of sp³-hybridized carbons (Fsp3) is 0.429. The van der Waals surface area contributed by atoms with Gasteiger partial charge in [0.25, 0.3) is 5.91 Å². The zero-order valence-corrected chi connectivity index (χ0v) is 16.5. The molecule has 0 saturated carbocycles. The van der Waals surface area contributed by atoms with E-state index in [-0.39, 0.29) is 5.91 Å². The number of hydrogen-bond donors (Lipinski definition) is 0. The van der Waals surface area contributed by atoms with E-state index in [9.17, 15) is 9.59 Å². The average molecular weight is 394 g/mol. The van der Waals surface area contributed by atoms with Crippen LogP contribution in [0.25, 0.3) is 0 Å². The normalized spacial score (nSPS) is 18.0. The number of nitrogens with zero attached hydrogens (tertiary/aromatic N) is 6. The van der Waals surface area contributed by atoms with E-state index >= 15 is 0 Å². The van der Waals surface area contributed by atoms with E-state index in [1.165, 1.54) is 11.9 Å². The quantitative estimate of drug-likeness (QED) is 0.696. The summed E-state index contributed by atoms with van der Waals surface area (Å²) in [7, 11) is 0. The monoisotopic (exact) mass is 394 g/mol. The summed E-state index contributed by atoms with van der Waals surface area (Å²) in [6.45, 7) is 6.81. The lowest BCUT2D eigenvalue weighted by Crippen LogP contribution is -2.48. The maximum atomic E-state index is 12.8. The Bertz CT molecular complexity index is 830. The second-order valence-corrected chi connectivity index (χ2v) is 7.44. The van der Waals surface area contributed by atoms with Crippen LogP contribution in [0.15, 0.2) is 42.7 Å². The van der Waals surface area contributed by atoms with Crippen LogP contribution in [-0.2, 0) is 11.3 Å². The molecule has 2 saturated heterocycles. The lowest BCUT2D eigenvalue weighted by Gasteiger charge is -2.35. The first-order valence-corrected chi connectivity index (χ1v) is 10.0. The molecule has 29 heavy (non-hydrogen) atoms. The Morgan fingerprint density at radius 3 is 2.34 bits per heavy atom. The van der Waals surface area contributed by atoms with Gasteiger partial charge >= 0.3 is 0 Å². The predicted octanol–water partition coefficient (Wildman–Crippen LogP) is 0.713. The van der Waals surface area contributed by atoms with Crippen molar-refractivity contribution in [2.75, 3.05) is 57.3 Å². The van der Waals surface area contributed by atoms with Crippen LogP contribution in [0.4, 0.5) is 5.82 Å². The summed E-state index contributed by atoms with van der Waals surface area (Å²) >= 11 is 0. The Morgan fingerprint density at radius 2 is 1.66 bits per heavy atom. The van der Waals surface area contributed by atoms with Gasteiger partial charge < -0.3 is 14.7 Å². The van der Waals surface area contributed by atoms with E-state index in [0.717, 1.165) is 45.0 Å².